The molecule has 0 aliphatic heterocycles. The first kappa shape index (κ1) is 30.2. The van der Waals surface area contributed by atoms with Crippen molar-refractivity contribution in [1.29, 1.82) is 0 Å². The Hall–Kier alpha value is -0.780. The molecule has 0 heterocycles. The molecule has 31 heavy (non-hydrogen) atoms. The van der Waals surface area contributed by atoms with Crippen LogP contribution in [0.1, 0.15) is 19.3 Å². The standard InChI is InChI=1S/C9H19O11P.C6H14N2O2/c10-1-3(11)2-19-21(17,18)20-9-7(15)5(13)4(12)6(14)8(9)16;7-4-2-1-3-5(8)6(9)10/h3-16H,1-2H2,(H,17,18);5H,1-4,7-8H2,(H,9,10)/t3?,4?,5-,6+,7-,8-,9?;/m0./s1. The van der Waals surface area contributed by atoms with Gasteiger partial charge in [-0.3, -0.25) is 13.8 Å². The number of rotatable bonds is 11. The fraction of sp³-hybridized carbons (Fsp3) is 0.933. The van der Waals surface area contributed by atoms with Crippen molar-refractivity contribution in [2.45, 2.75) is 68.0 Å². The number of carboxylic acids is 1. The third kappa shape index (κ3) is 10.6. The van der Waals surface area contributed by atoms with Crippen molar-refractivity contribution in [3.8, 4) is 0 Å². The lowest BCUT2D eigenvalue weighted by Gasteiger charge is -2.41. The van der Waals surface area contributed by atoms with E-state index in [1.165, 1.54) is 0 Å². The highest BCUT2D eigenvalue weighted by molar-refractivity contribution is 7.47. The van der Waals surface area contributed by atoms with Gasteiger partial charge in [-0.1, -0.05) is 6.42 Å². The van der Waals surface area contributed by atoms with E-state index < -0.39 is 75.8 Å². The molecule has 186 valence electrons. The predicted molar refractivity (Wildman–Crippen MR) is 102 cm³/mol. The van der Waals surface area contributed by atoms with Crippen molar-refractivity contribution in [3.63, 3.8) is 0 Å². The van der Waals surface area contributed by atoms with E-state index >= 15 is 0 Å². The van der Waals surface area contributed by atoms with Crippen molar-refractivity contribution in [2.75, 3.05) is 19.8 Å². The summed E-state index contributed by atoms with van der Waals surface area (Å²) >= 11 is 0. The molecule has 1 aliphatic rings. The number of carboxylic acid groups (broad SMARTS) is 1. The summed E-state index contributed by atoms with van der Waals surface area (Å²) in [6.45, 7) is -0.901. The average Bonchev–Trinajstić information content (AvgIpc) is 2.72. The quantitative estimate of drug-likeness (QED) is 0.0976. The monoisotopic (exact) mass is 480 g/mol. The Labute approximate surface area is 178 Å². The van der Waals surface area contributed by atoms with Crippen molar-refractivity contribution < 1.29 is 64.2 Å². The molecule has 0 amide bonds. The number of carbonyl (C=O) groups is 1. The second kappa shape index (κ2) is 14.4. The Balaban J connectivity index is 0.000000759. The lowest BCUT2D eigenvalue weighted by atomic mass is 9.85. The van der Waals surface area contributed by atoms with Crippen LogP contribution in [0.2, 0.25) is 0 Å². The predicted octanol–water partition coefficient (Wildman–Crippen LogP) is -4.81. The van der Waals surface area contributed by atoms with Gasteiger partial charge in [0.1, 0.15) is 48.8 Å². The van der Waals surface area contributed by atoms with Gasteiger partial charge in [-0.25, -0.2) is 4.57 Å². The highest BCUT2D eigenvalue weighted by Crippen LogP contribution is 2.46. The van der Waals surface area contributed by atoms with E-state index in [1.54, 1.807) is 0 Å². The molecular weight excluding hydrogens is 447 g/mol. The van der Waals surface area contributed by atoms with Crippen molar-refractivity contribution in [2.24, 2.45) is 11.5 Å². The maximum Gasteiger partial charge on any atom is 0.472 e. The molecule has 0 aromatic heterocycles. The Bertz CT molecular complexity index is 555. The van der Waals surface area contributed by atoms with Crippen LogP contribution in [0.25, 0.3) is 0 Å². The second-order valence-electron chi connectivity index (χ2n) is 6.85. The molecule has 0 saturated heterocycles. The highest BCUT2D eigenvalue weighted by Gasteiger charge is 2.51. The number of hydrogen-bond donors (Lipinski definition) is 11. The Morgan fingerprint density at radius 1 is 1.00 bits per heavy atom. The SMILES string of the molecule is NCCCCC(N)C(=O)O.O=P(O)(OCC(O)CO)OC1[C@@H](O)[C@H](O)C(O)[C@H](O)[C@@H]1O. The van der Waals surface area contributed by atoms with Gasteiger partial charge >= 0.3 is 13.8 Å². The molecule has 16 heteroatoms. The van der Waals surface area contributed by atoms with Gasteiger partial charge in [0, 0.05) is 0 Å². The van der Waals surface area contributed by atoms with Gasteiger partial charge in [-0.15, -0.1) is 0 Å². The highest BCUT2D eigenvalue weighted by atomic mass is 31.2. The van der Waals surface area contributed by atoms with Crippen LogP contribution in [0.3, 0.4) is 0 Å². The molecule has 13 N–H and O–H groups in total. The molecule has 1 rings (SSSR count). The molecule has 0 spiro atoms. The number of aliphatic hydroxyl groups excluding tert-OH is 7. The zero-order valence-corrected chi connectivity index (χ0v) is 17.5. The number of aliphatic hydroxyl groups is 7. The van der Waals surface area contributed by atoms with Gasteiger partial charge in [0.05, 0.1) is 13.2 Å². The van der Waals surface area contributed by atoms with Crippen LogP contribution in [-0.2, 0) is 18.4 Å². The van der Waals surface area contributed by atoms with Gasteiger partial charge in [-0.2, -0.15) is 0 Å². The molecule has 0 aromatic rings. The number of unbranched alkanes of at least 4 members (excludes halogenated alkanes) is 1. The van der Waals surface area contributed by atoms with Crippen molar-refractivity contribution >= 4 is 13.8 Å². The molecule has 0 aromatic carbocycles. The first-order valence-corrected chi connectivity index (χ1v) is 10.8. The van der Waals surface area contributed by atoms with Gasteiger partial charge in [-0.05, 0) is 19.4 Å². The van der Waals surface area contributed by atoms with Gasteiger partial charge in [0.15, 0.2) is 0 Å². The van der Waals surface area contributed by atoms with Crippen LogP contribution in [0.5, 0.6) is 0 Å². The van der Waals surface area contributed by atoms with E-state index in [2.05, 4.69) is 9.05 Å². The summed E-state index contributed by atoms with van der Waals surface area (Å²) in [6.07, 6.45) is -10.8. The molecule has 0 bridgehead atoms. The third-order valence-electron chi connectivity index (χ3n) is 4.26. The topological polar surface area (TPSA) is 287 Å². The van der Waals surface area contributed by atoms with Crippen LogP contribution >= 0.6 is 7.82 Å². The largest absolute Gasteiger partial charge is 0.480 e. The average molecular weight is 480 g/mol. The van der Waals surface area contributed by atoms with Crippen LogP contribution in [0, 0.1) is 0 Å². The van der Waals surface area contributed by atoms with E-state index in [0.29, 0.717) is 13.0 Å². The summed E-state index contributed by atoms with van der Waals surface area (Å²) in [7, 11) is -4.87. The Morgan fingerprint density at radius 2 is 1.48 bits per heavy atom. The van der Waals surface area contributed by atoms with E-state index in [9.17, 15) is 39.8 Å². The maximum absolute atomic E-state index is 11.6. The molecule has 9 atom stereocenters. The second-order valence-corrected chi connectivity index (χ2v) is 8.26. The summed E-state index contributed by atoms with van der Waals surface area (Å²) < 4.78 is 20.3. The molecule has 5 unspecified atom stereocenters. The number of aliphatic carboxylic acids is 1. The zero-order valence-electron chi connectivity index (χ0n) is 16.6. The zero-order chi connectivity index (χ0) is 24.4. The smallest absolute Gasteiger partial charge is 0.472 e. The summed E-state index contributed by atoms with van der Waals surface area (Å²) in [5.74, 6) is -0.933. The fourth-order valence-electron chi connectivity index (χ4n) is 2.37. The van der Waals surface area contributed by atoms with Gasteiger partial charge < -0.3 is 57.2 Å². The molecule has 0 radical (unpaired) electrons. The van der Waals surface area contributed by atoms with Crippen molar-refractivity contribution in [1.82, 2.24) is 0 Å². The maximum atomic E-state index is 11.6. The lowest BCUT2D eigenvalue weighted by molar-refractivity contribution is -0.220. The summed E-state index contributed by atoms with van der Waals surface area (Å²) in [6, 6.07) is -0.716. The van der Waals surface area contributed by atoms with Crippen molar-refractivity contribution in [3.05, 3.63) is 0 Å². The van der Waals surface area contributed by atoms with Crippen LogP contribution in [0.4, 0.5) is 0 Å². The minimum Gasteiger partial charge on any atom is -0.480 e. The number of phosphoric acid groups is 1. The first-order chi connectivity index (χ1) is 14.3. The molecule has 1 saturated carbocycles. The van der Waals surface area contributed by atoms with Gasteiger partial charge in [0.25, 0.3) is 0 Å². The first-order valence-electron chi connectivity index (χ1n) is 9.32. The summed E-state index contributed by atoms with van der Waals surface area (Å²) in [5, 5.41) is 73.2. The molecular formula is C15H33N2O13P. The van der Waals surface area contributed by atoms with Crippen LogP contribution < -0.4 is 11.5 Å². The summed E-state index contributed by atoms with van der Waals surface area (Å²) in [5.41, 5.74) is 10.4. The fourth-order valence-corrected chi connectivity index (χ4v) is 3.35. The van der Waals surface area contributed by atoms with Gasteiger partial charge in [0.2, 0.25) is 0 Å². The molecule has 1 fully saturated rings. The Kier molecular flexibility index (Phi) is 14.0. The van der Waals surface area contributed by atoms with E-state index in [1.807, 2.05) is 0 Å². The van der Waals surface area contributed by atoms with E-state index in [0.717, 1.165) is 12.8 Å². The molecule has 1 aliphatic carbocycles. The van der Waals surface area contributed by atoms with E-state index in [-0.39, 0.29) is 0 Å². The lowest BCUT2D eigenvalue weighted by Crippen LogP contribution is -2.64. The summed E-state index contributed by atoms with van der Waals surface area (Å²) in [4.78, 5) is 19.5. The Morgan fingerprint density at radius 3 is 1.90 bits per heavy atom. The van der Waals surface area contributed by atoms with Crippen LogP contribution in [-0.4, -0.2) is 120 Å². The third-order valence-corrected chi connectivity index (χ3v) is 5.24. The minimum absolute atomic E-state index is 0.520. The number of phosphoric ester groups is 1. The van der Waals surface area contributed by atoms with Crippen LogP contribution in [0.15, 0.2) is 0 Å². The minimum atomic E-state index is -4.87. The number of nitrogens with two attached hydrogens (primary N) is 2. The normalized spacial score (nSPS) is 32.3. The molecule has 15 nitrogen and oxygen atoms in total. The number of hydrogen-bond acceptors (Lipinski definition) is 13. The van der Waals surface area contributed by atoms with E-state index in [4.69, 9.17) is 26.8 Å².